The van der Waals surface area contributed by atoms with Crippen molar-refractivity contribution >= 4 is 5.97 Å². The van der Waals surface area contributed by atoms with Crippen molar-refractivity contribution in [1.29, 1.82) is 0 Å². The molecule has 3 unspecified atom stereocenters. The molecule has 0 radical (unpaired) electrons. The summed E-state index contributed by atoms with van der Waals surface area (Å²) < 4.78 is 6.23. The van der Waals surface area contributed by atoms with E-state index in [9.17, 15) is 4.79 Å². The van der Waals surface area contributed by atoms with Gasteiger partial charge < -0.3 is 9.84 Å². The van der Waals surface area contributed by atoms with Crippen molar-refractivity contribution in [3.8, 4) is 0 Å². The maximum absolute atomic E-state index is 10.7. The van der Waals surface area contributed by atoms with Crippen molar-refractivity contribution in [1.82, 2.24) is 0 Å². The van der Waals surface area contributed by atoms with Crippen LogP contribution in [0.1, 0.15) is 84.5 Å². The highest BCUT2D eigenvalue weighted by atomic mass is 16.5. The van der Waals surface area contributed by atoms with E-state index < -0.39 is 5.97 Å². The predicted octanol–water partition coefficient (Wildman–Crippen LogP) is 5.90. The zero-order chi connectivity index (χ0) is 18.6. The van der Waals surface area contributed by atoms with Crippen LogP contribution < -0.4 is 0 Å². The van der Waals surface area contributed by atoms with Crippen LogP contribution in [-0.2, 0) is 9.53 Å². The van der Waals surface area contributed by atoms with Gasteiger partial charge in [-0.1, -0.05) is 50.5 Å². The molecule has 0 saturated heterocycles. The van der Waals surface area contributed by atoms with Crippen LogP contribution in [0.25, 0.3) is 0 Å². The van der Waals surface area contributed by atoms with Crippen molar-refractivity contribution in [2.24, 2.45) is 16.7 Å². The maximum Gasteiger partial charge on any atom is 0.303 e. The molecule has 3 nitrogen and oxygen atoms in total. The Balaban J connectivity index is 1.44. The molecule has 0 bridgehead atoms. The molecule has 0 aliphatic heterocycles. The van der Waals surface area contributed by atoms with Crippen molar-refractivity contribution in [2.45, 2.75) is 90.6 Å². The van der Waals surface area contributed by atoms with Crippen LogP contribution in [-0.4, -0.2) is 23.8 Å². The number of allylic oxidation sites excluding steroid dienone is 2. The lowest BCUT2D eigenvalue weighted by Gasteiger charge is -2.49. The molecule has 0 heterocycles. The first kappa shape index (κ1) is 19.7. The Hall–Kier alpha value is -1.09. The molecule has 3 atom stereocenters. The van der Waals surface area contributed by atoms with Gasteiger partial charge in [0, 0.05) is 6.42 Å². The van der Waals surface area contributed by atoms with Gasteiger partial charge >= 0.3 is 5.97 Å². The number of rotatable bonds is 6. The van der Waals surface area contributed by atoms with Crippen LogP contribution in [0.3, 0.4) is 0 Å². The molecular formula is C23H36O3. The fraction of sp³-hybridized carbons (Fsp3) is 0.783. The number of ether oxygens (including phenoxy) is 1. The second kappa shape index (κ2) is 8.29. The second-order valence-corrected chi connectivity index (χ2v) is 9.80. The van der Waals surface area contributed by atoms with Crippen molar-refractivity contribution in [2.75, 3.05) is 6.61 Å². The van der Waals surface area contributed by atoms with E-state index in [1.54, 1.807) is 0 Å². The van der Waals surface area contributed by atoms with Gasteiger partial charge in [0.05, 0.1) is 12.7 Å². The molecule has 3 aliphatic carbocycles. The predicted molar refractivity (Wildman–Crippen MR) is 105 cm³/mol. The molecule has 1 N–H and O–H groups in total. The normalized spacial score (nSPS) is 33.8. The summed E-state index contributed by atoms with van der Waals surface area (Å²) in [7, 11) is 0. The number of carboxylic acids is 1. The first-order valence-electron chi connectivity index (χ1n) is 10.6. The topological polar surface area (TPSA) is 46.5 Å². The first-order chi connectivity index (χ1) is 12.4. The Bertz CT molecular complexity index is 556. The average molecular weight is 361 g/mol. The highest BCUT2D eigenvalue weighted by Gasteiger charge is 2.42. The Kier molecular flexibility index (Phi) is 6.27. The molecule has 146 valence electrons. The second-order valence-electron chi connectivity index (χ2n) is 9.80. The number of aliphatic carboxylic acids is 1. The number of hydrogen-bond acceptors (Lipinski definition) is 2. The van der Waals surface area contributed by atoms with E-state index in [4.69, 9.17) is 9.84 Å². The lowest BCUT2D eigenvalue weighted by molar-refractivity contribution is -0.136. The van der Waals surface area contributed by atoms with Gasteiger partial charge in [-0.25, -0.2) is 0 Å². The van der Waals surface area contributed by atoms with Gasteiger partial charge in [0.15, 0.2) is 0 Å². The van der Waals surface area contributed by atoms with E-state index in [1.807, 2.05) is 0 Å². The average Bonchev–Trinajstić information content (AvgIpc) is 2.58. The van der Waals surface area contributed by atoms with Gasteiger partial charge in [0.1, 0.15) is 0 Å². The minimum absolute atomic E-state index is 0.171. The summed E-state index contributed by atoms with van der Waals surface area (Å²) in [5.41, 5.74) is 2.23. The van der Waals surface area contributed by atoms with Gasteiger partial charge in [-0.2, -0.15) is 0 Å². The molecule has 0 aromatic rings. The third-order valence-electron chi connectivity index (χ3n) is 6.77. The van der Waals surface area contributed by atoms with E-state index in [0.717, 1.165) is 18.6 Å². The fourth-order valence-corrected chi connectivity index (χ4v) is 5.71. The Morgan fingerprint density at radius 2 is 2.08 bits per heavy atom. The summed E-state index contributed by atoms with van der Waals surface area (Å²) in [5.74, 6) is -0.0155. The lowest BCUT2D eigenvalue weighted by Crippen LogP contribution is -2.38. The molecule has 2 saturated carbocycles. The van der Waals surface area contributed by atoms with E-state index in [1.165, 1.54) is 51.4 Å². The van der Waals surface area contributed by atoms with E-state index >= 15 is 0 Å². The Labute approximate surface area is 158 Å². The molecule has 0 amide bonds. The van der Waals surface area contributed by atoms with Crippen LogP contribution in [0.5, 0.6) is 0 Å². The number of carboxylic acid groups (broad SMARTS) is 1. The van der Waals surface area contributed by atoms with Crippen LogP contribution >= 0.6 is 0 Å². The van der Waals surface area contributed by atoms with Crippen LogP contribution in [0.4, 0.5) is 0 Å². The molecular weight excluding hydrogens is 324 g/mol. The van der Waals surface area contributed by atoms with Gasteiger partial charge in [0.2, 0.25) is 0 Å². The SMILES string of the molecule is CC1(C)CCCC2(CCCC(COC3C=CC(CCC(=O)O)=CC3)C2)C1. The molecule has 2 fully saturated rings. The lowest BCUT2D eigenvalue weighted by atomic mass is 9.57. The highest BCUT2D eigenvalue weighted by molar-refractivity contribution is 5.67. The Morgan fingerprint density at radius 1 is 1.27 bits per heavy atom. The number of hydrogen-bond donors (Lipinski definition) is 1. The molecule has 3 rings (SSSR count). The standard InChI is InChI=1S/C23H36O3/c1-22(2)12-4-14-23(17-22)13-3-5-19(15-23)16-26-20-9-6-18(7-10-20)8-11-21(24)25/h6-7,9,19-20H,3-5,8,10-17H2,1-2H3,(H,24,25). The zero-order valence-corrected chi connectivity index (χ0v) is 16.6. The maximum atomic E-state index is 10.7. The van der Waals surface area contributed by atoms with E-state index in [0.29, 0.717) is 23.2 Å². The molecule has 1 spiro atoms. The smallest absolute Gasteiger partial charge is 0.303 e. The van der Waals surface area contributed by atoms with E-state index in [2.05, 4.69) is 32.1 Å². The fourth-order valence-electron chi connectivity index (χ4n) is 5.71. The van der Waals surface area contributed by atoms with Crippen molar-refractivity contribution in [3.05, 3.63) is 23.8 Å². The van der Waals surface area contributed by atoms with Crippen molar-refractivity contribution in [3.63, 3.8) is 0 Å². The summed E-state index contributed by atoms with van der Waals surface area (Å²) in [4.78, 5) is 10.7. The monoisotopic (exact) mass is 360 g/mol. The summed E-state index contributed by atoms with van der Waals surface area (Å²) in [6, 6.07) is 0. The van der Waals surface area contributed by atoms with Crippen LogP contribution in [0, 0.1) is 16.7 Å². The molecule has 3 aliphatic rings. The minimum atomic E-state index is -0.727. The van der Waals surface area contributed by atoms with Gasteiger partial charge in [0.25, 0.3) is 0 Å². The molecule has 26 heavy (non-hydrogen) atoms. The van der Waals surface area contributed by atoms with Crippen molar-refractivity contribution < 1.29 is 14.6 Å². The van der Waals surface area contributed by atoms with E-state index in [-0.39, 0.29) is 12.5 Å². The largest absolute Gasteiger partial charge is 0.481 e. The summed E-state index contributed by atoms with van der Waals surface area (Å²) in [5, 5.41) is 8.79. The van der Waals surface area contributed by atoms with Gasteiger partial charge in [-0.15, -0.1) is 0 Å². The minimum Gasteiger partial charge on any atom is -0.481 e. The highest BCUT2D eigenvalue weighted by Crippen LogP contribution is 2.54. The summed E-state index contributed by atoms with van der Waals surface area (Å²) in [6.07, 6.45) is 19.3. The molecule has 3 heteroatoms. The third kappa shape index (κ3) is 5.45. The Morgan fingerprint density at radius 3 is 2.77 bits per heavy atom. The summed E-state index contributed by atoms with van der Waals surface area (Å²) >= 11 is 0. The van der Waals surface area contributed by atoms with Crippen LogP contribution in [0.15, 0.2) is 23.8 Å². The number of carbonyl (C=O) groups is 1. The molecule has 0 aromatic heterocycles. The quantitative estimate of drug-likeness (QED) is 0.641. The first-order valence-corrected chi connectivity index (χ1v) is 10.6. The molecule has 0 aromatic carbocycles. The third-order valence-corrected chi connectivity index (χ3v) is 6.77. The zero-order valence-electron chi connectivity index (χ0n) is 16.6. The van der Waals surface area contributed by atoms with Crippen LogP contribution in [0.2, 0.25) is 0 Å². The van der Waals surface area contributed by atoms with Gasteiger partial charge in [-0.05, 0) is 68.1 Å². The van der Waals surface area contributed by atoms with Gasteiger partial charge in [-0.3, -0.25) is 4.79 Å². The summed E-state index contributed by atoms with van der Waals surface area (Å²) in [6.45, 7) is 5.79.